The number of phenolic OH excluding ortho intramolecular Hbond substituents is 3. The number of hydrogen-bond donors (Lipinski definition) is 6. The third kappa shape index (κ3) is 25.4. The number of ketones is 3. The molecule has 0 saturated heterocycles. The highest BCUT2D eigenvalue weighted by Gasteiger charge is 2.47. The van der Waals surface area contributed by atoms with E-state index in [2.05, 4.69) is 109 Å². The molecule has 19 heteroatoms. The summed E-state index contributed by atoms with van der Waals surface area (Å²) in [4.78, 5) is 69.4. The van der Waals surface area contributed by atoms with Crippen molar-refractivity contribution in [2.45, 2.75) is 234 Å². The third-order valence-electron chi connectivity index (χ3n) is 25.8. The van der Waals surface area contributed by atoms with E-state index in [0.717, 1.165) is 128 Å². The number of fused-ring (bicyclic) bond motifs is 10. The van der Waals surface area contributed by atoms with E-state index in [4.69, 9.17) is 27.5 Å². The average Bonchev–Trinajstić information content (AvgIpc) is 1.33. The number of terminal acetylenes is 1. The number of Topliss-reactive ketones (excluding diaryl/α,β-unsaturated/α-hetero) is 2. The number of nitrogens with one attached hydrogen (secondary N) is 1. The Morgan fingerprint density at radius 2 is 1.34 bits per heavy atom. The molecule has 6 N–H and O–H groups in total. The summed E-state index contributed by atoms with van der Waals surface area (Å²) in [6, 6.07) is 34.2. The second-order valence-corrected chi connectivity index (χ2v) is 35.9. The van der Waals surface area contributed by atoms with Crippen LogP contribution in [0.3, 0.4) is 0 Å². The topological polar surface area (TPSA) is 279 Å². The zero-order valence-electron chi connectivity index (χ0n) is 73.3. The molecular weight excluding hydrogens is 1560 g/mol. The number of aldehydes is 1. The lowest BCUT2D eigenvalue weighted by Crippen LogP contribution is -2.40. The molecule has 18 nitrogen and oxygen atoms in total. The maximum Gasteiger partial charge on any atom is 0.333 e. The number of aromatic nitrogens is 2. The Hall–Kier alpha value is -10.9. The van der Waals surface area contributed by atoms with Crippen LogP contribution < -0.4 is 14.8 Å². The Kier molecular flexibility index (Phi) is 33.7. The number of nitrogens with zero attached hydrogens (tertiary/aromatic N) is 4. The maximum absolute atomic E-state index is 12.7. The quantitative estimate of drug-likeness (QED) is 0.00819. The Morgan fingerprint density at radius 1 is 0.740 bits per heavy atom. The van der Waals surface area contributed by atoms with Crippen molar-refractivity contribution < 1.29 is 63.7 Å². The van der Waals surface area contributed by atoms with Gasteiger partial charge in [0, 0.05) is 76.0 Å². The van der Waals surface area contributed by atoms with Crippen molar-refractivity contribution in [1.29, 1.82) is 5.26 Å². The van der Waals surface area contributed by atoms with Crippen molar-refractivity contribution in [2.24, 2.45) is 34.0 Å². The first kappa shape index (κ1) is 94.3. The highest BCUT2D eigenvalue weighted by Crippen LogP contribution is 2.55. The van der Waals surface area contributed by atoms with Gasteiger partial charge in [-0.25, -0.2) is 4.79 Å². The van der Waals surface area contributed by atoms with Gasteiger partial charge in [0.25, 0.3) is 0 Å². The number of carbonyl (C=O) groups is 5. The lowest BCUT2D eigenvalue weighted by atomic mass is 9.59. The molecule has 7 aliphatic rings. The van der Waals surface area contributed by atoms with Crippen LogP contribution in [0.15, 0.2) is 174 Å². The minimum absolute atomic E-state index is 0.0348. The molecule has 0 amide bonds. The van der Waals surface area contributed by atoms with Gasteiger partial charge in [-0.3, -0.25) is 29.1 Å². The fourth-order valence-corrected chi connectivity index (χ4v) is 19.1. The molecule has 3 fully saturated rings. The molecule has 6 aliphatic carbocycles. The van der Waals surface area contributed by atoms with E-state index in [1.807, 2.05) is 93.5 Å². The number of aliphatic hydroxyl groups is 2. The molecule has 123 heavy (non-hydrogen) atoms. The Morgan fingerprint density at radius 3 is 1.88 bits per heavy atom. The molecule has 11 atom stereocenters. The van der Waals surface area contributed by atoms with Gasteiger partial charge in [0.15, 0.2) is 5.78 Å². The number of likely N-dealkylation sites (N-methyl/N-ethyl adjacent to an activating group) is 1. The summed E-state index contributed by atoms with van der Waals surface area (Å²) in [6.07, 6.45) is 38.1. The largest absolute Gasteiger partial charge is 0.508 e. The van der Waals surface area contributed by atoms with Crippen molar-refractivity contribution in [3.05, 3.63) is 229 Å². The number of benzene rings is 5. The number of pyridine rings is 2. The van der Waals surface area contributed by atoms with Crippen molar-refractivity contribution in [1.82, 2.24) is 14.9 Å². The minimum Gasteiger partial charge on any atom is -0.508 e. The fourth-order valence-electron chi connectivity index (χ4n) is 18.8. The number of ether oxygens (including phenoxy) is 3. The smallest absolute Gasteiger partial charge is 0.333 e. The van der Waals surface area contributed by atoms with E-state index in [1.165, 1.54) is 56.8 Å². The molecule has 3 heterocycles. The number of anilines is 2. The lowest BCUT2D eigenvalue weighted by Gasteiger charge is -2.46. The highest BCUT2D eigenvalue weighted by atomic mass is 35.5. The van der Waals surface area contributed by atoms with E-state index in [1.54, 1.807) is 62.5 Å². The van der Waals surface area contributed by atoms with Gasteiger partial charge in [-0.15, -0.1) is 12.3 Å². The lowest BCUT2D eigenvalue weighted by molar-refractivity contribution is -0.151. The summed E-state index contributed by atoms with van der Waals surface area (Å²) >= 11 is 6.53. The molecule has 2 aromatic heterocycles. The molecular formula is C104H122ClN5O13. The second-order valence-electron chi connectivity index (χ2n) is 35.5. The monoisotopic (exact) mass is 1680 g/mol. The van der Waals surface area contributed by atoms with E-state index in [0.29, 0.717) is 146 Å². The molecule has 5 aromatic carbocycles. The second kappa shape index (κ2) is 43.9. The van der Waals surface area contributed by atoms with E-state index in [9.17, 15) is 54.8 Å². The molecule has 3 saturated carbocycles. The van der Waals surface area contributed by atoms with Gasteiger partial charge < -0.3 is 50.0 Å². The summed E-state index contributed by atoms with van der Waals surface area (Å²) in [5, 5.41) is 63.0. The van der Waals surface area contributed by atoms with Crippen LogP contribution in [0.1, 0.15) is 239 Å². The Bertz CT molecular complexity index is 5270. The molecule has 648 valence electrons. The molecule has 8 unspecified atom stereocenters. The first-order valence-electron chi connectivity index (χ1n) is 43.4. The average molecular weight is 1690 g/mol. The first-order valence-corrected chi connectivity index (χ1v) is 43.8. The van der Waals surface area contributed by atoms with Crippen LogP contribution in [0, 0.1) is 69.5 Å². The molecule has 7 aromatic rings. The summed E-state index contributed by atoms with van der Waals surface area (Å²) in [5.41, 5.74) is 15.1. The minimum atomic E-state index is -1.18. The third-order valence-corrected chi connectivity index (χ3v) is 26.1. The Labute approximate surface area is 732 Å². The zero-order chi connectivity index (χ0) is 88.7. The van der Waals surface area contributed by atoms with Crippen LogP contribution in [-0.2, 0) is 61.0 Å². The van der Waals surface area contributed by atoms with Crippen LogP contribution in [0.25, 0.3) is 10.9 Å². The van der Waals surface area contributed by atoms with Crippen molar-refractivity contribution in [2.75, 3.05) is 32.6 Å². The summed E-state index contributed by atoms with van der Waals surface area (Å²) in [6.45, 7) is 19.5. The molecule has 0 spiro atoms. The standard InChI is InChI=1S/C31H30ClN5O3.C19H26O4.C19H24O2.C18H20O2.C17H22O2/c1-4-39-30-17-28-26(15-21(30)14-25(38)9-7-13-37(2)3)31(22(18-33)19-35-28)36-23-10-11-29(27(32)16-23)40-20-24-8-5-6-12-34-24;1-14(2)6-4-7-15(3)8-5-9-16(13-20)10-11-17-12-18(21)23-19(17)22;1-3-4-18(21)19(2)10-9-17-14(12-19)6-5-13-11-15(20)7-8-16(13)17;1-3-17(20)18(2)9-8-16-13(11-18)5-4-12-10-14(19)6-7-15(12)16;1-11(18)17(2)8-7-16-13(10-17)4-3-12-9-14(19)5-6-15(12)16/h5-12,15-17,19H,4,13-14,20H2,1-3H3,(H,35,36);6,8,10,12-13,19,22H,4-5,7,9,11H2,1-3H3;7-8,11,14,17-18,20-21H,5-6,9-10,12H2,1-2H3;1,6-7,10,13,16,19H,4-5,8-9,11H2,2H3;5-6,9,13,16,19H,3-4,7-8,10H2,1-2H3/b9-7+;15-8+,16-10+;;;/t;;14?,17?,18?,19-;13?,16?,18-;13?,16?,17-/m..000/s1. The number of rotatable bonds is 24. The molecule has 14 rings (SSSR count). The van der Waals surface area contributed by atoms with Crippen molar-refractivity contribution in [3.63, 3.8) is 0 Å². The Balaban J connectivity index is 0.000000167. The first-order chi connectivity index (χ1) is 58.8. The summed E-state index contributed by atoms with van der Waals surface area (Å²) in [7, 11) is 3.88. The zero-order valence-corrected chi connectivity index (χ0v) is 74.1. The number of aryl methyl sites for hydroxylation is 3. The van der Waals surface area contributed by atoms with Gasteiger partial charge in [0.2, 0.25) is 12.1 Å². The van der Waals surface area contributed by atoms with Crippen LogP contribution in [-0.4, -0.2) is 110 Å². The predicted octanol–water partition coefficient (Wildman–Crippen LogP) is 20.7. The number of esters is 1. The van der Waals surface area contributed by atoms with Gasteiger partial charge >= 0.3 is 5.97 Å². The number of aliphatic hydroxyl groups excluding tert-OH is 2. The number of aromatic hydroxyl groups is 3. The van der Waals surface area contributed by atoms with Crippen molar-refractivity contribution >= 4 is 63.5 Å². The SMILES string of the molecule is C#CC(=O)[C@@]1(C)CCC2c3ccc(O)cc3CCC2C1.CC#CC(O)[C@@]1(C)CCC2c3ccc(O)cc3CCC2C1.CC(=O)[C@@]1(C)CCC2c3ccc(O)cc3CCC2C1.CC(C)=CCC/C(C)=C/CC/C(C=O)=C\CC1=CC(=O)OC1O.CCOc1cc2ncc(C#N)c(Nc3ccc(OCc4ccccn4)c(Cl)c3)c2cc1CC(=O)/C=C/CN(C)C. The predicted molar refractivity (Wildman–Crippen MR) is 486 cm³/mol. The van der Waals surface area contributed by atoms with E-state index >= 15 is 0 Å². The number of cyclic esters (lactones) is 1. The number of halogens is 1. The van der Waals surface area contributed by atoms with Gasteiger partial charge in [-0.05, 0) is 343 Å². The fraction of sp³-hybridized carbons (Fsp3) is 0.442. The van der Waals surface area contributed by atoms with Gasteiger partial charge in [0.1, 0.15) is 59.6 Å². The number of carbonyl (C=O) groups excluding carboxylic acids is 5. The van der Waals surface area contributed by atoms with Crippen LogP contribution >= 0.6 is 11.6 Å². The van der Waals surface area contributed by atoms with Crippen LogP contribution in [0.4, 0.5) is 11.4 Å². The number of phenols is 3. The van der Waals surface area contributed by atoms with Crippen molar-refractivity contribution in [3.8, 4) is 59.0 Å². The highest BCUT2D eigenvalue weighted by molar-refractivity contribution is 6.32. The molecule has 1 aliphatic heterocycles. The van der Waals surface area contributed by atoms with Gasteiger partial charge in [-0.2, -0.15) is 5.26 Å². The number of nitriles is 1. The van der Waals surface area contributed by atoms with Crippen LogP contribution in [0.5, 0.6) is 28.7 Å². The normalized spacial score (nSPS) is 22.9. The van der Waals surface area contributed by atoms with Gasteiger partial charge in [-0.1, -0.05) is 98.0 Å². The molecule has 0 radical (unpaired) electrons. The molecule has 0 bridgehead atoms. The number of allylic oxidation sites excluding steroid dienone is 7. The maximum atomic E-state index is 12.7. The summed E-state index contributed by atoms with van der Waals surface area (Å²) in [5.74, 6) is 13.6. The number of hydrogen-bond acceptors (Lipinski definition) is 18. The van der Waals surface area contributed by atoms with Gasteiger partial charge in [0.05, 0.1) is 34.1 Å². The van der Waals surface area contributed by atoms with Crippen LogP contribution in [0.2, 0.25) is 5.02 Å². The van der Waals surface area contributed by atoms with E-state index in [-0.39, 0.29) is 40.8 Å². The summed E-state index contributed by atoms with van der Waals surface area (Å²) < 4.78 is 16.3. The van der Waals surface area contributed by atoms with E-state index < -0.39 is 18.4 Å².